The number of nitrogens with one attached hydrogen (secondary N) is 1. The van der Waals surface area contributed by atoms with E-state index in [9.17, 15) is 0 Å². The molecule has 1 aliphatic heterocycles. The number of hydrogen-bond acceptors (Lipinski definition) is 3. The zero-order valence-corrected chi connectivity index (χ0v) is 16.2. The van der Waals surface area contributed by atoms with E-state index >= 15 is 0 Å². The van der Waals surface area contributed by atoms with Gasteiger partial charge in [-0.15, -0.1) is 0 Å². The maximum absolute atomic E-state index is 5.91. The molecule has 0 radical (unpaired) electrons. The summed E-state index contributed by atoms with van der Waals surface area (Å²) in [5.74, 6) is 2.06. The summed E-state index contributed by atoms with van der Waals surface area (Å²) in [4.78, 5) is 6.97. The number of hydrogen-bond donors (Lipinski definition) is 2. The van der Waals surface area contributed by atoms with Crippen LogP contribution in [0.4, 0.5) is 0 Å². The third-order valence-corrected chi connectivity index (χ3v) is 4.62. The van der Waals surface area contributed by atoms with Crippen LogP contribution in [0.2, 0.25) is 0 Å². The Kier molecular flexibility index (Phi) is 7.72. The number of guanidine groups is 1. The second-order valence-corrected chi connectivity index (χ2v) is 7.66. The highest BCUT2D eigenvalue weighted by Crippen LogP contribution is 2.22. The summed E-state index contributed by atoms with van der Waals surface area (Å²) in [6.45, 7) is 11.4. The standard InChI is InChI=1S/C20H34N4O/c1-15-9-16(2)12-24(11-15)13-19-7-5-18(6-8-19)10-22-20(21)23-17(3)14-25-4/h5-8,15-17H,9-14H2,1-4H3,(H3,21,22,23). The van der Waals surface area contributed by atoms with E-state index in [0.29, 0.717) is 19.1 Å². The van der Waals surface area contributed by atoms with E-state index in [2.05, 4.69) is 53.3 Å². The van der Waals surface area contributed by atoms with Gasteiger partial charge in [-0.25, -0.2) is 4.99 Å². The Morgan fingerprint density at radius 1 is 1.24 bits per heavy atom. The molecule has 5 heteroatoms. The van der Waals surface area contributed by atoms with E-state index in [0.717, 1.165) is 18.4 Å². The van der Waals surface area contributed by atoms with Gasteiger partial charge in [0.25, 0.3) is 0 Å². The summed E-state index contributed by atoms with van der Waals surface area (Å²) in [6.07, 6.45) is 1.35. The molecule has 1 aromatic rings. The fourth-order valence-corrected chi connectivity index (χ4v) is 3.70. The predicted octanol–water partition coefficient (Wildman–Crippen LogP) is 2.60. The average Bonchev–Trinajstić information content (AvgIpc) is 2.53. The molecule has 140 valence electrons. The van der Waals surface area contributed by atoms with Crippen molar-refractivity contribution in [3.05, 3.63) is 35.4 Å². The van der Waals surface area contributed by atoms with Gasteiger partial charge in [0.05, 0.1) is 13.2 Å². The first-order valence-corrected chi connectivity index (χ1v) is 9.31. The lowest BCUT2D eigenvalue weighted by Gasteiger charge is -2.35. The topological polar surface area (TPSA) is 62.9 Å². The van der Waals surface area contributed by atoms with E-state index < -0.39 is 0 Å². The van der Waals surface area contributed by atoms with Crippen molar-refractivity contribution in [1.82, 2.24) is 10.2 Å². The number of aliphatic imine (C=N–C) groups is 1. The molecule has 1 saturated heterocycles. The number of likely N-dealkylation sites (tertiary alicyclic amines) is 1. The Morgan fingerprint density at radius 3 is 2.44 bits per heavy atom. The Labute approximate surface area is 152 Å². The second kappa shape index (κ2) is 9.78. The Hall–Kier alpha value is -1.59. The summed E-state index contributed by atoms with van der Waals surface area (Å²) in [7, 11) is 1.68. The van der Waals surface area contributed by atoms with E-state index in [1.165, 1.54) is 30.6 Å². The number of nitrogens with two attached hydrogens (primary N) is 1. The molecule has 0 spiro atoms. The van der Waals surface area contributed by atoms with E-state index in [4.69, 9.17) is 10.5 Å². The van der Waals surface area contributed by atoms with Crippen molar-refractivity contribution in [2.45, 2.75) is 46.3 Å². The maximum atomic E-state index is 5.91. The van der Waals surface area contributed by atoms with Crippen LogP contribution in [0.15, 0.2) is 29.3 Å². The molecule has 0 aromatic heterocycles. The molecule has 0 amide bonds. The predicted molar refractivity (Wildman–Crippen MR) is 104 cm³/mol. The van der Waals surface area contributed by atoms with Gasteiger partial charge in [-0.2, -0.15) is 0 Å². The molecule has 1 heterocycles. The van der Waals surface area contributed by atoms with Crippen LogP contribution in [0.3, 0.4) is 0 Å². The number of benzene rings is 1. The quantitative estimate of drug-likeness (QED) is 0.588. The smallest absolute Gasteiger partial charge is 0.189 e. The van der Waals surface area contributed by atoms with Gasteiger partial charge in [0.2, 0.25) is 0 Å². The first-order chi connectivity index (χ1) is 12.0. The molecule has 1 fully saturated rings. The SMILES string of the molecule is COCC(C)NC(N)=NCc1ccc(CN2CC(C)CC(C)C2)cc1. The number of methoxy groups -OCH3 is 1. The number of ether oxygens (including phenoxy) is 1. The number of rotatable bonds is 7. The molecule has 0 bridgehead atoms. The largest absolute Gasteiger partial charge is 0.383 e. The Balaban J connectivity index is 1.83. The molecule has 3 unspecified atom stereocenters. The van der Waals surface area contributed by atoms with Gasteiger partial charge < -0.3 is 15.8 Å². The van der Waals surface area contributed by atoms with Crippen molar-refractivity contribution in [3.63, 3.8) is 0 Å². The number of nitrogens with zero attached hydrogens (tertiary/aromatic N) is 2. The minimum atomic E-state index is 0.158. The summed E-state index contributed by atoms with van der Waals surface area (Å²) >= 11 is 0. The van der Waals surface area contributed by atoms with Gasteiger partial charge in [-0.1, -0.05) is 38.1 Å². The van der Waals surface area contributed by atoms with Gasteiger partial charge >= 0.3 is 0 Å². The molecule has 0 aliphatic carbocycles. The van der Waals surface area contributed by atoms with Crippen molar-refractivity contribution >= 4 is 5.96 Å². The molecular weight excluding hydrogens is 312 g/mol. The molecule has 0 saturated carbocycles. The fraction of sp³-hybridized carbons (Fsp3) is 0.650. The van der Waals surface area contributed by atoms with Crippen LogP contribution >= 0.6 is 0 Å². The van der Waals surface area contributed by atoms with Crippen LogP contribution in [0, 0.1) is 11.8 Å². The van der Waals surface area contributed by atoms with Crippen LogP contribution in [0.1, 0.15) is 38.3 Å². The van der Waals surface area contributed by atoms with Gasteiger partial charge in [-0.05, 0) is 36.3 Å². The monoisotopic (exact) mass is 346 g/mol. The maximum Gasteiger partial charge on any atom is 0.189 e. The molecule has 3 N–H and O–H groups in total. The minimum Gasteiger partial charge on any atom is -0.383 e. The molecule has 1 aliphatic rings. The summed E-state index contributed by atoms with van der Waals surface area (Å²) < 4.78 is 5.08. The molecular formula is C20H34N4O. The lowest BCUT2D eigenvalue weighted by molar-refractivity contribution is 0.134. The average molecular weight is 347 g/mol. The fourth-order valence-electron chi connectivity index (χ4n) is 3.70. The third-order valence-electron chi connectivity index (χ3n) is 4.62. The Bertz CT molecular complexity index is 533. The van der Waals surface area contributed by atoms with Crippen LogP contribution in [-0.4, -0.2) is 43.7 Å². The highest BCUT2D eigenvalue weighted by atomic mass is 16.5. The molecule has 5 nitrogen and oxygen atoms in total. The Morgan fingerprint density at radius 2 is 1.84 bits per heavy atom. The molecule has 3 atom stereocenters. The van der Waals surface area contributed by atoms with Crippen molar-refractivity contribution < 1.29 is 4.74 Å². The molecule has 25 heavy (non-hydrogen) atoms. The van der Waals surface area contributed by atoms with Gasteiger partial charge in [0.1, 0.15) is 0 Å². The third kappa shape index (κ3) is 7.04. The highest BCUT2D eigenvalue weighted by molar-refractivity contribution is 5.78. The summed E-state index contributed by atoms with van der Waals surface area (Å²) in [6, 6.07) is 8.89. The van der Waals surface area contributed by atoms with Gasteiger partial charge in [-0.3, -0.25) is 4.90 Å². The van der Waals surface area contributed by atoms with Crippen LogP contribution in [-0.2, 0) is 17.8 Å². The first kappa shape index (κ1) is 19.7. The molecule has 2 rings (SSSR count). The van der Waals surface area contributed by atoms with Crippen molar-refractivity contribution in [2.75, 3.05) is 26.8 Å². The zero-order chi connectivity index (χ0) is 18.2. The summed E-state index contributed by atoms with van der Waals surface area (Å²) in [5.41, 5.74) is 8.45. The van der Waals surface area contributed by atoms with Crippen LogP contribution in [0.5, 0.6) is 0 Å². The summed E-state index contributed by atoms with van der Waals surface area (Å²) in [5, 5.41) is 3.12. The van der Waals surface area contributed by atoms with Crippen molar-refractivity contribution in [3.8, 4) is 0 Å². The van der Waals surface area contributed by atoms with Crippen LogP contribution < -0.4 is 11.1 Å². The zero-order valence-electron chi connectivity index (χ0n) is 16.2. The number of piperidine rings is 1. The van der Waals surface area contributed by atoms with Crippen molar-refractivity contribution in [1.29, 1.82) is 0 Å². The van der Waals surface area contributed by atoms with E-state index in [1.54, 1.807) is 7.11 Å². The van der Waals surface area contributed by atoms with E-state index in [1.807, 2.05) is 6.92 Å². The van der Waals surface area contributed by atoms with Gasteiger partial charge in [0, 0.05) is 32.8 Å². The second-order valence-electron chi connectivity index (χ2n) is 7.66. The lowest BCUT2D eigenvalue weighted by Crippen LogP contribution is -2.40. The normalized spacial score (nSPS) is 23.4. The van der Waals surface area contributed by atoms with Crippen LogP contribution in [0.25, 0.3) is 0 Å². The molecule has 1 aromatic carbocycles. The van der Waals surface area contributed by atoms with Crippen molar-refractivity contribution in [2.24, 2.45) is 22.6 Å². The highest BCUT2D eigenvalue weighted by Gasteiger charge is 2.21. The lowest BCUT2D eigenvalue weighted by atomic mass is 9.91. The van der Waals surface area contributed by atoms with E-state index in [-0.39, 0.29) is 6.04 Å². The van der Waals surface area contributed by atoms with Gasteiger partial charge in [0.15, 0.2) is 5.96 Å². The first-order valence-electron chi connectivity index (χ1n) is 9.31. The minimum absolute atomic E-state index is 0.158.